The molecule has 1 aromatic rings. The molecule has 0 atom stereocenters. The molecule has 2 N–H and O–H groups in total. The molecule has 1 saturated carbocycles. The first-order chi connectivity index (χ1) is 6.61. The summed E-state index contributed by atoms with van der Waals surface area (Å²) in [4.78, 5) is 8.46. The van der Waals surface area contributed by atoms with E-state index in [1.54, 1.807) is 6.33 Å². The molecular formula is C11H17N3. The van der Waals surface area contributed by atoms with Crippen molar-refractivity contribution in [2.75, 3.05) is 0 Å². The van der Waals surface area contributed by atoms with Crippen LogP contribution in [0.5, 0.6) is 0 Å². The highest BCUT2D eigenvalue weighted by atomic mass is 14.8. The molecule has 0 spiro atoms. The SMILES string of the molecule is Cc1ncnc(CCC2(N)CC2)c1C. The van der Waals surface area contributed by atoms with E-state index in [0.29, 0.717) is 0 Å². The van der Waals surface area contributed by atoms with Gasteiger partial charge in [0.2, 0.25) is 0 Å². The molecule has 0 amide bonds. The van der Waals surface area contributed by atoms with Gasteiger partial charge in [-0.3, -0.25) is 0 Å². The minimum absolute atomic E-state index is 0.130. The molecule has 0 radical (unpaired) electrons. The normalized spacial score (nSPS) is 18.2. The van der Waals surface area contributed by atoms with Crippen molar-refractivity contribution in [2.45, 2.75) is 45.1 Å². The first-order valence-corrected chi connectivity index (χ1v) is 5.17. The van der Waals surface area contributed by atoms with Gasteiger partial charge in [-0.15, -0.1) is 0 Å². The van der Waals surface area contributed by atoms with Gasteiger partial charge >= 0.3 is 0 Å². The van der Waals surface area contributed by atoms with Gasteiger partial charge in [-0.05, 0) is 45.1 Å². The lowest BCUT2D eigenvalue weighted by atomic mass is 10.0. The molecule has 3 heteroatoms. The Kier molecular flexibility index (Phi) is 2.27. The van der Waals surface area contributed by atoms with Gasteiger partial charge in [-0.2, -0.15) is 0 Å². The Morgan fingerprint density at radius 3 is 2.71 bits per heavy atom. The summed E-state index contributed by atoms with van der Waals surface area (Å²) in [6, 6.07) is 0. The number of aryl methyl sites for hydroxylation is 2. The fraction of sp³-hybridized carbons (Fsp3) is 0.636. The van der Waals surface area contributed by atoms with E-state index in [2.05, 4.69) is 16.9 Å². The van der Waals surface area contributed by atoms with Crippen LogP contribution in [0.15, 0.2) is 6.33 Å². The van der Waals surface area contributed by atoms with Crippen molar-refractivity contribution in [1.82, 2.24) is 9.97 Å². The van der Waals surface area contributed by atoms with Gasteiger partial charge < -0.3 is 5.73 Å². The highest BCUT2D eigenvalue weighted by molar-refractivity contribution is 5.22. The zero-order valence-corrected chi connectivity index (χ0v) is 8.88. The van der Waals surface area contributed by atoms with Crippen LogP contribution in [0.1, 0.15) is 36.2 Å². The molecule has 0 unspecified atom stereocenters. The van der Waals surface area contributed by atoms with Crippen molar-refractivity contribution in [2.24, 2.45) is 5.73 Å². The Labute approximate surface area is 84.8 Å². The van der Waals surface area contributed by atoms with Crippen molar-refractivity contribution in [3.05, 3.63) is 23.3 Å². The lowest BCUT2D eigenvalue weighted by Crippen LogP contribution is -2.22. The molecule has 76 valence electrons. The van der Waals surface area contributed by atoms with Gasteiger partial charge in [-0.1, -0.05) is 0 Å². The maximum absolute atomic E-state index is 6.04. The van der Waals surface area contributed by atoms with E-state index in [-0.39, 0.29) is 5.54 Å². The van der Waals surface area contributed by atoms with Gasteiger partial charge in [0.25, 0.3) is 0 Å². The van der Waals surface area contributed by atoms with E-state index < -0.39 is 0 Å². The highest BCUT2D eigenvalue weighted by Crippen LogP contribution is 2.36. The Hall–Kier alpha value is -0.960. The third kappa shape index (κ3) is 1.93. The minimum Gasteiger partial charge on any atom is -0.325 e. The van der Waals surface area contributed by atoms with E-state index >= 15 is 0 Å². The summed E-state index contributed by atoms with van der Waals surface area (Å²) in [5.41, 5.74) is 9.63. The van der Waals surface area contributed by atoms with E-state index in [0.717, 1.165) is 24.2 Å². The molecule has 0 aliphatic heterocycles. The molecule has 0 bridgehead atoms. The second kappa shape index (κ2) is 3.31. The topological polar surface area (TPSA) is 51.8 Å². The van der Waals surface area contributed by atoms with Crippen molar-refractivity contribution in [3.8, 4) is 0 Å². The molecule has 0 saturated heterocycles. The third-order valence-corrected chi connectivity index (χ3v) is 3.19. The quantitative estimate of drug-likeness (QED) is 0.788. The largest absolute Gasteiger partial charge is 0.325 e. The van der Waals surface area contributed by atoms with Gasteiger partial charge in [0.1, 0.15) is 6.33 Å². The summed E-state index contributed by atoms with van der Waals surface area (Å²) in [5, 5.41) is 0. The summed E-state index contributed by atoms with van der Waals surface area (Å²) >= 11 is 0. The monoisotopic (exact) mass is 191 g/mol. The number of hydrogen-bond acceptors (Lipinski definition) is 3. The predicted octanol–water partition coefficient (Wildman–Crippen LogP) is 1.52. The molecular weight excluding hydrogens is 174 g/mol. The van der Waals surface area contributed by atoms with Gasteiger partial charge in [0.05, 0.1) is 0 Å². The maximum Gasteiger partial charge on any atom is 0.115 e. The van der Waals surface area contributed by atoms with Crippen LogP contribution in [-0.2, 0) is 6.42 Å². The number of hydrogen-bond donors (Lipinski definition) is 1. The van der Waals surface area contributed by atoms with Crippen LogP contribution < -0.4 is 5.73 Å². The van der Waals surface area contributed by atoms with E-state index in [1.807, 2.05) is 6.92 Å². The molecule has 1 aliphatic carbocycles. The van der Waals surface area contributed by atoms with Crippen LogP contribution >= 0.6 is 0 Å². The van der Waals surface area contributed by atoms with Crippen molar-refractivity contribution >= 4 is 0 Å². The minimum atomic E-state index is 0.130. The van der Waals surface area contributed by atoms with Crippen LogP contribution in [0.3, 0.4) is 0 Å². The predicted molar refractivity (Wildman–Crippen MR) is 56.0 cm³/mol. The second-order valence-electron chi connectivity index (χ2n) is 4.39. The van der Waals surface area contributed by atoms with E-state index in [1.165, 1.54) is 18.4 Å². The standard InChI is InChI=1S/C11H17N3/c1-8-9(2)13-7-14-10(8)3-4-11(12)5-6-11/h7H,3-6,12H2,1-2H3. The fourth-order valence-electron chi connectivity index (χ4n) is 1.62. The van der Waals surface area contributed by atoms with Gasteiger partial charge in [-0.25, -0.2) is 9.97 Å². The van der Waals surface area contributed by atoms with Crippen LogP contribution in [0.2, 0.25) is 0 Å². The van der Waals surface area contributed by atoms with Crippen molar-refractivity contribution in [1.29, 1.82) is 0 Å². The van der Waals surface area contributed by atoms with Crippen LogP contribution in [0.25, 0.3) is 0 Å². The Balaban J connectivity index is 2.05. The molecule has 14 heavy (non-hydrogen) atoms. The average Bonchev–Trinajstić information content (AvgIpc) is 2.88. The van der Waals surface area contributed by atoms with Gasteiger partial charge in [0.15, 0.2) is 0 Å². The molecule has 2 rings (SSSR count). The maximum atomic E-state index is 6.04. The lowest BCUT2D eigenvalue weighted by Gasteiger charge is -2.10. The zero-order chi connectivity index (χ0) is 10.2. The summed E-state index contributed by atoms with van der Waals surface area (Å²) in [5.74, 6) is 0. The van der Waals surface area contributed by atoms with Gasteiger partial charge in [0, 0.05) is 16.9 Å². The zero-order valence-electron chi connectivity index (χ0n) is 8.88. The Morgan fingerprint density at radius 1 is 1.36 bits per heavy atom. The summed E-state index contributed by atoms with van der Waals surface area (Å²) in [6.45, 7) is 4.11. The molecule has 1 aromatic heterocycles. The highest BCUT2D eigenvalue weighted by Gasteiger charge is 2.37. The molecule has 3 nitrogen and oxygen atoms in total. The summed E-state index contributed by atoms with van der Waals surface area (Å²) in [6.07, 6.45) is 6.05. The van der Waals surface area contributed by atoms with Crippen molar-refractivity contribution < 1.29 is 0 Å². The third-order valence-electron chi connectivity index (χ3n) is 3.19. The number of nitrogens with zero attached hydrogens (tertiary/aromatic N) is 2. The van der Waals surface area contributed by atoms with Crippen molar-refractivity contribution in [3.63, 3.8) is 0 Å². The number of rotatable bonds is 3. The van der Waals surface area contributed by atoms with Crippen LogP contribution in [0.4, 0.5) is 0 Å². The Morgan fingerprint density at radius 2 is 2.07 bits per heavy atom. The molecule has 1 fully saturated rings. The Bertz CT molecular complexity index is 342. The number of aromatic nitrogens is 2. The molecule has 1 aliphatic rings. The molecule has 1 heterocycles. The first kappa shape index (κ1) is 9.59. The molecule has 0 aromatic carbocycles. The summed E-state index contributed by atoms with van der Waals surface area (Å²) in [7, 11) is 0. The fourth-order valence-corrected chi connectivity index (χ4v) is 1.62. The first-order valence-electron chi connectivity index (χ1n) is 5.17. The van der Waals surface area contributed by atoms with E-state index in [9.17, 15) is 0 Å². The van der Waals surface area contributed by atoms with Crippen LogP contribution in [-0.4, -0.2) is 15.5 Å². The summed E-state index contributed by atoms with van der Waals surface area (Å²) < 4.78 is 0. The number of nitrogens with two attached hydrogens (primary N) is 1. The van der Waals surface area contributed by atoms with E-state index in [4.69, 9.17) is 5.73 Å². The smallest absolute Gasteiger partial charge is 0.115 e. The average molecular weight is 191 g/mol. The lowest BCUT2D eigenvalue weighted by molar-refractivity contribution is 0.600. The second-order valence-corrected chi connectivity index (χ2v) is 4.39. The van der Waals surface area contributed by atoms with Crippen LogP contribution in [0, 0.1) is 13.8 Å².